The summed E-state index contributed by atoms with van der Waals surface area (Å²) in [5, 5.41) is 2.99. The molecule has 0 amide bonds. The summed E-state index contributed by atoms with van der Waals surface area (Å²) in [4.78, 5) is 4.17. The van der Waals surface area contributed by atoms with Crippen molar-refractivity contribution in [3.63, 3.8) is 0 Å². The molecule has 0 aliphatic heterocycles. The third kappa shape index (κ3) is 4.67. The highest BCUT2D eigenvalue weighted by molar-refractivity contribution is 5.04. The summed E-state index contributed by atoms with van der Waals surface area (Å²) in [6.07, 6.45) is -2.41. The number of aryl methyl sites for hydroxylation is 2. The summed E-state index contributed by atoms with van der Waals surface area (Å²) in [5.41, 5.74) is 0.866. The first-order valence-corrected chi connectivity index (χ1v) is 5.09. The Hall–Kier alpha value is -1.01. The fourth-order valence-electron chi connectivity index (χ4n) is 1.13. The topological polar surface area (TPSA) is 47.3 Å². The lowest BCUT2D eigenvalue weighted by atomic mass is 10.4. The molecule has 6 heteroatoms. The third-order valence-electron chi connectivity index (χ3n) is 2.02. The second-order valence-corrected chi connectivity index (χ2v) is 3.39. The molecule has 0 saturated carbocycles. The molecule has 1 N–H and O–H groups in total. The number of alkyl halides is 2. The third-order valence-corrected chi connectivity index (χ3v) is 2.02. The van der Waals surface area contributed by atoms with Gasteiger partial charge in [0.1, 0.15) is 12.4 Å². The van der Waals surface area contributed by atoms with Gasteiger partial charge in [0.15, 0.2) is 0 Å². The molecule has 0 aromatic carbocycles. The Bertz CT molecular complexity index is 296. The van der Waals surface area contributed by atoms with Crippen LogP contribution in [0, 0.1) is 13.8 Å². The molecule has 0 spiro atoms. The molecule has 1 aromatic rings. The molecule has 0 fully saturated rings. The van der Waals surface area contributed by atoms with E-state index in [9.17, 15) is 8.78 Å². The van der Waals surface area contributed by atoms with E-state index in [1.807, 2.05) is 13.8 Å². The molecule has 0 atom stereocenters. The van der Waals surface area contributed by atoms with Gasteiger partial charge in [-0.05, 0) is 13.8 Å². The summed E-state index contributed by atoms with van der Waals surface area (Å²) in [7, 11) is 0. The van der Waals surface area contributed by atoms with Gasteiger partial charge in [0.05, 0.1) is 18.8 Å². The first-order valence-electron chi connectivity index (χ1n) is 5.09. The minimum atomic E-state index is -2.41. The maximum Gasteiger partial charge on any atom is 0.261 e. The number of hydrogen-bond acceptors (Lipinski definition) is 4. The SMILES string of the molecule is Cc1nc(CNCCOCC(F)F)oc1C. The molecule has 0 bridgehead atoms. The molecular weight excluding hydrogens is 218 g/mol. The van der Waals surface area contributed by atoms with E-state index in [0.29, 0.717) is 19.0 Å². The Morgan fingerprint density at radius 2 is 2.19 bits per heavy atom. The van der Waals surface area contributed by atoms with Crippen molar-refractivity contribution in [1.82, 2.24) is 10.3 Å². The Morgan fingerprint density at radius 3 is 2.75 bits per heavy atom. The zero-order valence-corrected chi connectivity index (χ0v) is 9.43. The van der Waals surface area contributed by atoms with Gasteiger partial charge in [0.25, 0.3) is 6.43 Å². The fraction of sp³-hybridized carbons (Fsp3) is 0.700. The van der Waals surface area contributed by atoms with Crippen LogP contribution in [0.2, 0.25) is 0 Å². The Kier molecular flexibility index (Phi) is 5.34. The van der Waals surface area contributed by atoms with Crippen molar-refractivity contribution in [3.8, 4) is 0 Å². The summed E-state index contributed by atoms with van der Waals surface area (Å²) in [5.74, 6) is 1.40. The molecule has 0 unspecified atom stereocenters. The highest BCUT2D eigenvalue weighted by atomic mass is 19.3. The van der Waals surface area contributed by atoms with Crippen molar-refractivity contribution in [1.29, 1.82) is 0 Å². The second kappa shape index (κ2) is 6.55. The molecule has 0 aliphatic rings. The molecule has 0 radical (unpaired) electrons. The highest BCUT2D eigenvalue weighted by Gasteiger charge is 2.04. The zero-order valence-electron chi connectivity index (χ0n) is 9.43. The van der Waals surface area contributed by atoms with E-state index >= 15 is 0 Å². The van der Waals surface area contributed by atoms with Crippen LogP contribution in [0.1, 0.15) is 17.3 Å². The molecule has 1 heterocycles. The number of halogens is 2. The van der Waals surface area contributed by atoms with E-state index in [-0.39, 0.29) is 6.61 Å². The summed E-state index contributed by atoms with van der Waals surface area (Å²) >= 11 is 0. The van der Waals surface area contributed by atoms with Gasteiger partial charge in [-0.2, -0.15) is 0 Å². The van der Waals surface area contributed by atoms with Gasteiger partial charge in [-0.1, -0.05) is 0 Å². The Morgan fingerprint density at radius 1 is 1.44 bits per heavy atom. The van der Waals surface area contributed by atoms with Gasteiger partial charge in [0.2, 0.25) is 5.89 Å². The van der Waals surface area contributed by atoms with Crippen molar-refractivity contribution < 1.29 is 17.9 Å². The largest absolute Gasteiger partial charge is 0.444 e. The monoisotopic (exact) mass is 234 g/mol. The average Bonchev–Trinajstić information content (AvgIpc) is 2.52. The molecule has 0 saturated heterocycles. The van der Waals surface area contributed by atoms with Gasteiger partial charge in [0, 0.05) is 6.54 Å². The molecular formula is C10H16F2N2O2. The minimum Gasteiger partial charge on any atom is -0.444 e. The summed E-state index contributed by atoms with van der Waals surface area (Å²) < 4.78 is 33.4. The lowest BCUT2D eigenvalue weighted by Crippen LogP contribution is -2.20. The molecule has 16 heavy (non-hydrogen) atoms. The standard InChI is InChI=1S/C10H16F2N2O2/c1-7-8(2)16-10(14-7)5-13-3-4-15-6-9(11)12/h9,13H,3-6H2,1-2H3. The number of hydrogen-bond donors (Lipinski definition) is 1. The lowest BCUT2D eigenvalue weighted by molar-refractivity contribution is 0.0186. The maximum atomic E-state index is 11.7. The van der Waals surface area contributed by atoms with Gasteiger partial charge in [-0.25, -0.2) is 13.8 Å². The smallest absolute Gasteiger partial charge is 0.261 e. The van der Waals surface area contributed by atoms with Gasteiger partial charge in [-0.15, -0.1) is 0 Å². The molecule has 1 aromatic heterocycles. The molecule has 92 valence electrons. The lowest BCUT2D eigenvalue weighted by Gasteiger charge is -2.03. The van der Waals surface area contributed by atoms with Crippen LogP contribution < -0.4 is 5.32 Å². The number of nitrogens with one attached hydrogen (secondary N) is 1. The summed E-state index contributed by atoms with van der Waals surface area (Å²) in [6, 6.07) is 0. The first kappa shape index (κ1) is 13.1. The average molecular weight is 234 g/mol. The Balaban J connectivity index is 2.07. The normalized spacial score (nSPS) is 11.3. The predicted octanol–water partition coefficient (Wildman–Crippen LogP) is 1.66. The van der Waals surface area contributed by atoms with E-state index in [1.54, 1.807) is 0 Å². The van der Waals surface area contributed by atoms with Crippen molar-refractivity contribution in [2.75, 3.05) is 19.8 Å². The van der Waals surface area contributed by atoms with E-state index in [2.05, 4.69) is 10.3 Å². The van der Waals surface area contributed by atoms with Crippen LogP contribution in [0.4, 0.5) is 8.78 Å². The number of oxazole rings is 1. The molecule has 1 rings (SSSR count). The van der Waals surface area contributed by atoms with E-state index in [0.717, 1.165) is 11.5 Å². The van der Waals surface area contributed by atoms with Crippen LogP contribution in [0.15, 0.2) is 4.42 Å². The number of nitrogens with zero attached hydrogens (tertiary/aromatic N) is 1. The van der Waals surface area contributed by atoms with Crippen LogP contribution >= 0.6 is 0 Å². The predicted molar refractivity (Wildman–Crippen MR) is 54.5 cm³/mol. The quantitative estimate of drug-likeness (QED) is 0.729. The summed E-state index contributed by atoms with van der Waals surface area (Å²) in [6.45, 7) is 4.42. The van der Waals surface area contributed by atoms with Crippen molar-refractivity contribution in [2.45, 2.75) is 26.8 Å². The minimum absolute atomic E-state index is 0.253. The van der Waals surface area contributed by atoms with Crippen molar-refractivity contribution in [2.24, 2.45) is 0 Å². The van der Waals surface area contributed by atoms with Gasteiger partial charge in [-0.3, -0.25) is 0 Å². The number of ether oxygens (including phenoxy) is 1. The van der Waals surface area contributed by atoms with Crippen molar-refractivity contribution >= 4 is 0 Å². The number of aromatic nitrogens is 1. The zero-order chi connectivity index (χ0) is 12.0. The molecule has 0 aliphatic carbocycles. The van der Waals surface area contributed by atoms with Gasteiger partial charge >= 0.3 is 0 Å². The highest BCUT2D eigenvalue weighted by Crippen LogP contribution is 2.07. The van der Waals surface area contributed by atoms with E-state index < -0.39 is 13.0 Å². The van der Waals surface area contributed by atoms with Crippen LogP contribution in [0.3, 0.4) is 0 Å². The molecule has 4 nitrogen and oxygen atoms in total. The van der Waals surface area contributed by atoms with Crippen LogP contribution in [0.5, 0.6) is 0 Å². The maximum absolute atomic E-state index is 11.7. The first-order chi connectivity index (χ1) is 7.59. The van der Waals surface area contributed by atoms with Crippen LogP contribution in [-0.4, -0.2) is 31.2 Å². The van der Waals surface area contributed by atoms with Crippen molar-refractivity contribution in [3.05, 3.63) is 17.3 Å². The van der Waals surface area contributed by atoms with Crippen LogP contribution in [-0.2, 0) is 11.3 Å². The van der Waals surface area contributed by atoms with Crippen LogP contribution in [0.25, 0.3) is 0 Å². The second-order valence-electron chi connectivity index (χ2n) is 3.39. The van der Waals surface area contributed by atoms with E-state index in [4.69, 9.17) is 9.15 Å². The number of rotatable bonds is 7. The fourth-order valence-corrected chi connectivity index (χ4v) is 1.13. The van der Waals surface area contributed by atoms with Gasteiger partial charge < -0.3 is 14.5 Å². The van der Waals surface area contributed by atoms with E-state index in [1.165, 1.54) is 0 Å². The Labute approximate surface area is 93.0 Å².